The minimum atomic E-state index is 0.462. The summed E-state index contributed by atoms with van der Waals surface area (Å²) in [5.41, 5.74) is 4.92. The highest BCUT2D eigenvalue weighted by atomic mass is 15.2. The van der Waals surface area contributed by atoms with Gasteiger partial charge >= 0.3 is 0 Å². The van der Waals surface area contributed by atoms with Gasteiger partial charge in [-0.15, -0.1) is 0 Å². The summed E-state index contributed by atoms with van der Waals surface area (Å²) >= 11 is 0. The Kier molecular flexibility index (Phi) is 3.50. The number of aromatic nitrogens is 5. The molecule has 0 aliphatic carbocycles. The maximum absolute atomic E-state index is 4.86. The third-order valence-corrected chi connectivity index (χ3v) is 4.78. The fraction of sp³-hybridized carbons (Fsp3) is 0.143. The van der Waals surface area contributed by atoms with Crippen molar-refractivity contribution >= 4 is 38.8 Å². The van der Waals surface area contributed by atoms with Gasteiger partial charge in [-0.25, -0.2) is 9.50 Å². The molecular formula is C21H18N6. The van der Waals surface area contributed by atoms with Crippen LogP contribution in [0, 0.1) is 0 Å². The molecular weight excluding hydrogens is 336 g/mol. The molecule has 0 unspecified atom stereocenters. The molecule has 0 radical (unpaired) electrons. The van der Waals surface area contributed by atoms with E-state index in [9.17, 15) is 0 Å². The van der Waals surface area contributed by atoms with E-state index >= 15 is 0 Å². The van der Waals surface area contributed by atoms with E-state index in [2.05, 4.69) is 53.4 Å². The smallest absolute Gasteiger partial charge is 0.142 e. The quantitative estimate of drug-likeness (QED) is 0.509. The lowest BCUT2D eigenvalue weighted by molar-refractivity contribution is 0.867. The average molecular weight is 354 g/mol. The van der Waals surface area contributed by atoms with E-state index in [1.165, 1.54) is 5.56 Å². The Bertz CT molecular complexity index is 1290. The second kappa shape index (κ2) is 6.02. The third kappa shape index (κ3) is 2.57. The van der Waals surface area contributed by atoms with Crippen molar-refractivity contribution in [3.63, 3.8) is 0 Å². The molecule has 0 saturated heterocycles. The van der Waals surface area contributed by atoms with Crippen molar-refractivity contribution in [1.82, 2.24) is 24.6 Å². The van der Waals surface area contributed by atoms with E-state index in [0.29, 0.717) is 5.92 Å². The highest BCUT2D eigenvalue weighted by molar-refractivity contribution is 6.14. The fourth-order valence-electron chi connectivity index (χ4n) is 3.37. The molecule has 0 atom stereocenters. The average Bonchev–Trinajstić information content (AvgIpc) is 3.08. The van der Waals surface area contributed by atoms with E-state index in [0.717, 1.165) is 38.8 Å². The number of nitrogens with one attached hydrogen (secondary N) is 1. The Labute approximate surface area is 155 Å². The Hall–Kier alpha value is -3.54. The zero-order valence-electron chi connectivity index (χ0n) is 15.1. The molecule has 4 aromatic heterocycles. The standard InChI is InChI=1S/C21H18N6/c1-13(2)14-4-3-5-15(10-14)24-21-19-18-12-23-8-9-27(18)26-20(19)16-11-22-7-6-17(16)25-21/h3-13H,1-2H3,(H,24,25). The van der Waals surface area contributed by atoms with Gasteiger partial charge in [0.1, 0.15) is 11.3 Å². The lowest BCUT2D eigenvalue weighted by atomic mass is 10.0. The van der Waals surface area contributed by atoms with Crippen LogP contribution in [0.5, 0.6) is 0 Å². The molecule has 5 aromatic rings. The number of rotatable bonds is 3. The Morgan fingerprint density at radius 3 is 2.81 bits per heavy atom. The van der Waals surface area contributed by atoms with Gasteiger partial charge in [-0.1, -0.05) is 26.0 Å². The predicted octanol–water partition coefficient (Wildman–Crippen LogP) is 4.69. The van der Waals surface area contributed by atoms with E-state index < -0.39 is 0 Å². The van der Waals surface area contributed by atoms with Gasteiger partial charge in [-0.3, -0.25) is 9.97 Å². The van der Waals surface area contributed by atoms with Crippen molar-refractivity contribution in [3.8, 4) is 0 Å². The molecule has 0 fully saturated rings. The molecule has 0 bridgehead atoms. The van der Waals surface area contributed by atoms with Gasteiger partial charge in [0.05, 0.1) is 22.6 Å². The van der Waals surface area contributed by atoms with Crippen LogP contribution < -0.4 is 5.32 Å². The molecule has 27 heavy (non-hydrogen) atoms. The number of nitrogens with zero attached hydrogens (tertiary/aromatic N) is 5. The largest absolute Gasteiger partial charge is 0.340 e. The first-order valence-electron chi connectivity index (χ1n) is 8.93. The predicted molar refractivity (Wildman–Crippen MR) is 107 cm³/mol. The van der Waals surface area contributed by atoms with Crippen LogP contribution in [0.3, 0.4) is 0 Å². The zero-order valence-corrected chi connectivity index (χ0v) is 15.1. The summed E-state index contributed by atoms with van der Waals surface area (Å²) in [4.78, 5) is 13.4. The molecule has 0 aliphatic heterocycles. The third-order valence-electron chi connectivity index (χ3n) is 4.78. The van der Waals surface area contributed by atoms with E-state index in [4.69, 9.17) is 10.1 Å². The summed E-state index contributed by atoms with van der Waals surface area (Å²) < 4.78 is 1.83. The summed E-state index contributed by atoms with van der Waals surface area (Å²) in [6, 6.07) is 10.3. The van der Waals surface area contributed by atoms with Crippen LogP contribution in [0.25, 0.3) is 27.3 Å². The summed E-state index contributed by atoms with van der Waals surface area (Å²) in [5.74, 6) is 1.23. The second-order valence-corrected chi connectivity index (χ2v) is 6.89. The number of anilines is 2. The molecule has 0 aliphatic rings. The van der Waals surface area contributed by atoms with E-state index in [1.807, 2.05) is 29.2 Å². The van der Waals surface area contributed by atoms with Crippen molar-refractivity contribution in [3.05, 3.63) is 66.9 Å². The number of fused-ring (bicyclic) bond motifs is 5. The maximum Gasteiger partial charge on any atom is 0.142 e. The SMILES string of the molecule is CC(C)c1cccc(Nc2nc3ccncc3c3nn4ccncc4c23)c1. The molecule has 0 spiro atoms. The van der Waals surface area contributed by atoms with Crippen molar-refractivity contribution in [2.45, 2.75) is 19.8 Å². The zero-order chi connectivity index (χ0) is 18.4. The van der Waals surface area contributed by atoms with Gasteiger partial charge in [0.25, 0.3) is 0 Å². The van der Waals surface area contributed by atoms with Crippen LogP contribution in [0.4, 0.5) is 11.5 Å². The maximum atomic E-state index is 4.86. The molecule has 6 nitrogen and oxygen atoms in total. The number of hydrogen-bond acceptors (Lipinski definition) is 5. The molecule has 0 saturated carbocycles. The summed E-state index contributed by atoms with van der Waals surface area (Å²) in [6.45, 7) is 4.38. The van der Waals surface area contributed by atoms with Gasteiger partial charge < -0.3 is 5.32 Å². The van der Waals surface area contributed by atoms with Gasteiger partial charge in [-0.05, 0) is 29.7 Å². The van der Waals surface area contributed by atoms with Crippen LogP contribution >= 0.6 is 0 Å². The minimum absolute atomic E-state index is 0.462. The second-order valence-electron chi connectivity index (χ2n) is 6.89. The molecule has 0 amide bonds. The highest BCUT2D eigenvalue weighted by Gasteiger charge is 2.16. The normalized spacial score (nSPS) is 11.7. The van der Waals surface area contributed by atoms with Crippen LogP contribution in [0.15, 0.2) is 61.3 Å². The Morgan fingerprint density at radius 2 is 1.93 bits per heavy atom. The van der Waals surface area contributed by atoms with Crippen molar-refractivity contribution in [1.29, 1.82) is 0 Å². The van der Waals surface area contributed by atoms with Crippen LogP contribution in [0.2, 0.25) is 0 Å². The topological polar surface area (TPSA) is 68.0 Å². The molecule has 6 heteroatoms. The van der Waals surface area contributed by atoms with E-state index in [1.54, 1.807) is 12.4 Å². The van der Waals surface area contributed by atoms with Crippen LogP contribution in [0.1, 0.15) is 25.3 Å². The first kappa shape index (κ1) is 15.7. The number of hydrogen-bond donors (Lipinski definition) is 1. The highest BCUT2D eigenvalue weighted by Crippen LogP contribution is 2.33. The Morgan fingerprint density at radius 1 is 1.04 bits per heavy atom. The summed E-state index contributed by atoms with van der Waals surface area (Å²) in [6.07, 6.45) is 8.96. The molecule has 5 rings (SSSR count). The molecule has 1 N–H and O–H groups in total. The summed E-state index contributed by atoms with van der Waals surface area (Å²) in [5, 5.41) is 10.1. The molecule has 4 heterocycles. The first-order valence-corrected chi connectivity index (χ1v) is 8.93. The lowest BCUT2D eigenvalue weighted by Gasteiger charge is -2.11. The number of pyridine rings is 2. The van der Waals surface area contributed by atoms with Crippen molar-refractivity contribution < 1.29 is 0 Å². The van der Waals surface area contributed by atoms with Crippen LogP contribution in [-0.4, -0.2) is 24.6 Å². The molecule has 132 valence electrons. The fourth-order valence-corrected chi connectivity index (χ4v) is 3.37. The van der Waals surface area contributed by atoms with Crippen molar-refractivity contribution in [2.24, 2.45) is 0 Å². The first-order chi connectivity index (χ1) is 13.2. The number of benzene rings is 1. The minimum Gasteiger partial charge on any atom is -0.340 e. The van der Waals surface area contributed by atoms with Crippen molar-refractivity contribution in [2.75, 3.05) is 5.32 Å². The lowest BCUT2D eigenvalue weighted by Crippen LogP contribution is -1.97. The van der Waals surface area contributed by atoms with E-state index in [-0.39, 0.29) is 0 Å². The monoisotopic (exact) mass is 354 g/mol. The van der Waals surface area contributed by atoms with Gasteiger partial charge in [0.2, 0.25) is 0 Å². The van der Waals surface area contributed by atoms with Crippen LogP contribution in [-0.2, 0) is 0 Å². The molecule has 1 aromatic carbocycles. The Balaban J connectivity index is 1.78. The summed E-state index contributed by atoms with van der Waals surface area (Å²) in [7, 11) is 0. The van der Waals surface area contributed by atoms with Gasteiger partial charge in [0, 0.05) is 35.9 Å². The van der Waals surface area contributed by atoms with Gasteiger partial charge in [-0.2, -0.15) is 5.10 Å². The van der Waals surface area contributed by atoms with Gasteiger partial charge in [0.15, 0.2) is 0 Å².